The molecule has 1 heterocycles. The molecule has 0 aliphatic heterocycles. The average Bonchev–Trinajstić information content (AvgIpc) is 3.04. The summed E-state index contributed by atoms with van der Waals surface area (Å²) in [6.45, 7) is 0.0959. The minimum Gasteiger partial charge on any atom is -0.457 e. The van der Waals surface area contributed by atoms with Crippen LogP contribution >= 0.6 is 0 Å². The highest BCUT2D eigenvalue weighted by atomic mass is 16.6. The number of benzene rings is 4. The molecular formula is C35H30N2O5. The average molecular weight is 559 g/mol. The van der Waals surface area contributed by atoms with E-state index in [-0.39, 0.29) is 12.3 Å². The van der Waals surface area contributed by atoms with E-state index in [4.69, 9.17) is 14.5 Å². The molecule has 5 aromatic rings. The second-order valence-electron chi connectivity index (χ2n) is 10.6. The van der Waals surface area contributed by atoms with E-state index in [1.54, 1.807) is 24.3 Å². The first kappa shape index (κ1) is 27.1. The third-order valence-electron chi connectivity index (χ3n) is 7.80. The first-order valence-corrected chi connectivity index (χ1v) is 14.2. The van der Waals surface area contributed by atoms with E-state index in [9.17, 15) is 14.9 Å². The van der Waals surface area contributed by atoms with Gasteiger partial charge in [-0.3, -0.25) is 10.1 Å². The van der Waals surface area contributed by atoms with Crippen LogP contribution in [-0.4, -0.2) is 15.9 Å². The minimum absolute atomic E-state index is 0.00109. The second kappa shape index (κ2) is 12.2. The maximum absolute atomic E-state index is 13.3. The number of nitrogens with zero attached hydrogens (tertiary/aromatic N) is 2. The Labute approximate surface area is 243 Å². The number of nitro benzene ring substituents is 1. The van der Waals surface area contributed by atoms with Crippen molar-refractivity contribution in [2.24, 2.45) is 0 Å². The lowest BCUT2D eigenvalue weighted by Crippen LogP contribution is -2.07. The fourth-order valence-corrected chi connectivity index (χ4v) is 5.51. The number of aromatic nitrogens is 1. The molecule has 7 nitrogen and oxygen atoms in total. The number of ether oxygens (including phenoxy) is 2. The van der Waals surface area contributed by atoms with E-state index in [0.717, 1.165) is 27.7 Å². The van der Waals surface area contributed by atoms with E-state index >= 15 is 0 Å². The van der Waals surface area contributed by atoms with Crippen molar-refractivity contribution < 1.29 is 19.2 Å². The summed E-state index contributed by atoms with van der Waals surface area (Å²) in [4.78, 5) is 28.6. The van der Waals surface area contributed by atoms with Crippen LogP contribution in [0.5, 0.6) is 11.5 Å². The third-order valence-corrected chi connectivity index (χ3v) is 7.80. The number of non-ortho nitro benzene ring substituents is 1. The minimum atomic E-state index is -0.454. The van der Waals surface area contributed by atoms with Gasteiger partial charge in [0.2, 0.25) is 0 Å². The fraction of sp³-hybridized carbons (Fsp3) is 0.200. The maximum atomic E-state index is 13.3. The van der Waals surface area contributed by atoms with Crippen molar-refractivity contribution in [1.82, 2.24) is 4.98 Å². The Morgan fingerprint density at radius 2 is 1.50 bits per heavy atom. The van der Waals surface area contributed by atoms with Crippen LogP contribution in [0.25, 0.3) is 22.2 Å². The number of carbonyl (C=O) groups is 1. The summed E-state index contributed by atoms with van der Waals surface area (Å²) in [5.74, 6) is 1.27. The van der Waals surface area contributed by atoms with Gasteiger partial charge < -0.3 is 9.47 Å². The number of hydrogen-bond donors (Lipinski definition) is 0. The normalized spacial score (nSPS) is 13.5. The molecule has 1 fully saturated rings. The molecule has 7 heteroatoms. The SMILES string of the molecule is O=C(OCc1ccc(Oc2ccc([N+](=O)[O-])cc2)cc1)c1cc(-c2ccc(C3CCCCC3)cc2)nc2ccccc12. The van der Waals surface area contributed by atoms with Crippen molar-refractivity contribution in [2.75, 3.05) is 0 Å². The summed E-state index contributed by atoms with van der Waals surface area (Å²) in [6.07, 6.45) is 6.42. The molecule has 1 saturated carbocycles. The molecule has 42 heavy (non-hydrogen) atoms. The standard InChI is InChI=1S/C35H30N2O5/c38-35(41-23-24-10-18-29(19-11-24)42-30-20-16-28(17-21-30)37(39)40)32-22-34(36-33-9-5-4-8-31(32)33)27-14-12-26(13-15-27)25-6-2-1-3-7-25/h4-5,8-22,25H,1-3,6-7,23H2. The number of carbonyl (C=O) groups excluding carboxylic acids is 1. The van der Waals surface area contributed by atoms with Crippen molar-refractivity contribution in [2.45, 2.75) is 44.6 Å². The van der Waals surface area contributed by atoms with Crippen LogP contribution < -0.4 is 4.74 Å². The summed E-state index contributed by atoms with van der Waals surface area (Å²) < 4.78 is 11.5. The molecule has 6 rings (SSSR count). The number of fused-ring (bicyclic) bond motifs is 1. The monoisotopic (exact) mass is 558 g/mol. The zero-order chi connectivity index (χ0) is 28.9. The van der Waals surface area contributed by atoms with Crippen molar-refractivity contribution in [3.05, 3.63) is 130 Å². The van der Waals surface area contributed by atoms with Crippen LogP contribution in [0.2, 0.25) is 0 Å². The molecule has 210 valence electrons. The van der Waals surface area contributed by atoms with Gasteiger partial charge in [-0.1, -0.05) is 73.9 Å². The van der Waals surface area contributed by atoms with Gasteiger partial charge in [-0.05, 0) is 66.3 Å². The van der Waals surface area contributed by atoms with Crippen LogP contribution in [0, 0.1) is 10.1 Å². The van der Waals surface area contributed by atoms with E-state index in [0.29, 0.717) is 23.0 Å². The predicted molar refractivity (Wildman–Crippen MR) is 162 cm³/mol. The Morgan fingerprint density at radius 3 is 2.19 bits per heavy atom. The zero-order valence-electron chi connectivity index (χ0n) is 23.1. The number of nitro groups is 1. The second-order valence-corrected chi connectivity index (χ2v) is 10.6. The number of para-hydroxylation sites is 1. The van der Waals surface area contributed by atoms with Gasteiger partial charge in [0.05, 0.1) is 21.7 Å². The lowest BCUT2D eigenvalue weighted by Gasteiger charge is -2.22. The predicted octanol–water partition coefficient (Wildman–Crippen LogP) is 9.01. The van der Waals surface area contributed by atoms with Crippen LogP contribution in [0.3, 0.4) is 0 Å². The number of rotatable bonds is 8. The van der Waals surface area contributed by atoms with E-state index < -0.39 is 10.9 Å². The first-order valence-electron chi connectivity index (χ1n) is 14.2. The molecule has 4 aromatic carbocycles. The van der Waals surface area contributed by atoms with Crippen molar-refractivity contribution >= 4 is 22.6 Å². The van der Waals surface area contributed by atoms with Crippen molar-refractivity contribution in [1.29, 1.82) is 0 Å². The van der Waals surface area contributed by atoms with Crippen LogP contribution in [0.15, 0.2) is 103 Å². The number of pyridine rings is 1. The van der Waals surface area contributed by atoms with Crippen LogP contribution in [0.1, 0.15) is 59.5 Å². The van der Waals surface area contributed by atoms with E-state index in [1.165, 1.54) is 49.8 Å². The maximum Gasteiger partial charge on any atom is 0.339 e. The smallest absolute Gasteiger partial charge is 0.339 e. The molecule has 1 aliphatic carbocycles. The number of hydrogen-bond acceptors (Lipinski definition) is 6. The Balaban J connectivity index is 1.15. The van der Waals surface area contributed by atoms with Crippen LogP contribution in [0.4, 0.5) is 5.69 Å². The fourth-order valence-electron chi connectivity index (χ4n) is 5.51. The Morgan fingerprint density at radius 1 is 0.833 bits per heavy atom. The van der Waals surface area contributed by atoms with Crippen molar-refractivity contribution in [3.8, 4) is 22.8 Å². The molecular weight excluding hydrogens is 528 g/mol. The molecule has 0 atom stereocenters. The lowest BCUT2D eigenvalue weighted by molar-refractivity contribution is -0.384. The van der Waals surface area contributed by atoms with Gasteiger partial charge in [0.25, 0.3) is 5.69 Å². The van der Waals surface area contributed by atoms with Crippen LogP contribution in [-0.2, 0) is 11.3 Å². The lowest BCUT2D eigenvalue weighted by atomic mass is 9.84. The highest BCUT2D eigenvalue weighted by Crippen LogP contribution is 2.34. The molecule has 1 aliphatic rings. The Hall–Kier alpha value is -5.04. The summed E-state index contributed by atoms with van der Waals surface area (Å²) in [6, 6.07) is 31.1. The summed E-state index contributed by atoms with van der Waals surface area (Å²) in [5.41, 5.74) is 5.11. The molecule has 0 bridgehead atoms. The van der Waals surface area contributed by atoms with E-state index in [2.05, 4.69) is 24.3 Å². The molecule has 1 aromatic heterocycles. The highest BCUT2D eigenvalue weighted by molar-refractivity contribution is 6.04. The van der Waals surface area contributed by atoms with Gasteiger partial charge in [-0.25, -0.2) is 9.78 Å². The van der Waals surface area contributed by atoms with Gasteiger partial charge in [0.1, 0.15) is 18.1 Å². The Kier molecular flexibility index (Phi) is 7.90. The first-order chi connectivity index (χ1) is 20.5. The zero-order valence-corrected chi connectivity index (χ0v) is 23.1. The molecule has 0 radical (unpaired) electrons. The van der Waals surface area contributed by atoms with Gasteiger partial charge in [-0.2, -0.15) is 0 Å². The third kappa shape index (κ3) is 6.15. The molecule has 0 amide bonds. The van der Waals surface area contributed by atoms with Gasteiger partial charge in [0.15, 0.2) is 0 Å². The van der Waals surface area contributed by atoms with Gasteiger partial charge >= 0.3 is 5.97 Å². The van der Waals surface area contributed by atoms with Gasteiger partial charge in [-0.15, -0.1) is 0 Å². The number of esters is 1. The molecule has 0 spiro atoms. The quantitative estimate of drug-likeness (QED) is 0.107. The summed E-state index contributed by atoms with van der Waals surface area (Å²) in [5, 5.41) is 11.6. The van der Waals surface area contributed by atoms with Crippen molar-refractivity contribution in [3.63, 3.8) is 0 Å². The molecule has 0 saturated heterocycles. The van der Waals surface area contributed by atoms with Gasteiger partial charge in [0, 0.05) is 23.1 Å². The Bertz CT molecular complexity index is 1710. The molecule has 0 N–H and O–H groups in total. The largest absolute Gasteiger partial charge is 0.457 e. The topological polar surface area (TPSA) is 91.6 Å². The summed E-state index contributed by atoms with van der Waals surface area (Å²) >= 11 is 0. The molecule has 0 unspecified atom stereocenters. The summed E-state index contributed by atoms with van der Waals surface area (Å²) in [7, 11) is 0. The highest BCUT2D eigenvalue weighted by Gasteiger charge is 2.18. The van der Waals surface area contributed by atoms with E-state index in [1.807, 2.05) is 42.5 Å².